The van der Waals surface area contributed by atoms with Crippen LogP contribution in [0.2, 0.25) is 0 Å². The zero-order chi connectivity index (χ0) is 25.6. The molecule has 1 fully saturated rings. The molecule has 188 valence electrons. The van der Waals surface area contributed by atoms with E-state index in [-0.39, 0.29) is 31.6 Å². The second-order valence-corrected chi connectivity index (χ2v) is 13.9. The topological polar surface area (TPSA) is 108 Å². The first-order valence-electron chi connectivity index (χ1n) is 10.9. The number of nitrogens with zero attached hydrogens (tertiary/aromatic N) is 3. The fraction of sp³-hybridized carbons (Fsp3) is 0.435. The van der Waals surface area contributed by atoms with Crippen molar-refractivity contribution in [2.24, 2.45) is 0 Å². The molecule has 3 N–H and O–H groups in total. The van der Waals surface area contributed by atoms with Crippen LogP contribution in [0.3, 0.4) is 0 Å². The van der Waals surface area contributed by atoms with E-state index in [1.807, 2.05) is 13.0 Å². The highest BCUT2D eigenvalue weighted by Crippen LogP contribution is 2.59. The summed E-state index contributed by atoms with van der Waals surface area (Å²) in [5.41, 5.74) is -0.121. The van der Waals surface area contributed by atoms with Crippen molar-refractivity contribution in [2.75, 3.05) is 18.6 Å². The largest absolute Gasteiger partial charge is 0.433 e. The van der Waals surface area contributed by atoms with E-state index in [0.29, 0.717) is 10.7 Å². The minimum atomic E-state index is -4.57. The van der Waals surface area contributed by atoms with Gasteiger partial charge in [0.05, 0.1) is 4.88 Å². The van der Waals surface area contributed by atoms with E-state index >= 15 is 0 Å². The zero-order valence-corrected chi connectivity index (χ0v) is 21.1. The molecular weight excluding hydrogens is 500 g/mol. The molecule has 2 aromatic heterocycles. The Hall–Kier alpha value is -2.33. The van der Waals surface area contributed by atoms with E-state index in [2.05, 4.69) is 20.3 Å². The Balaban J connectivity index is 1.56. The standard InChI is InChI=1S/C23H26F3N4O3PS/c1-14-10-15(12-16(11-14)29-20-27-9-4-18(30-20)23(24,25)26)17-13-28-19(35-17)21(31)5-7-22(32,8-6-21)34(2,3)33/h4,9-13,31-32H,5-8H2,1-3H3,(H,27,29,30). The number of benzene rings is 1. The number of rotatable bonds is 5. The lowest BCUT2D eigenvalue weighted by Crippen LogP contribution is -2.40. The van der Waals surface area contributed by atoms with Gasteiger partial charge in [0.15, 0.2) is 0 Å². The molecule has 0 aliphatic heterocycles. The third-order valence-corrected chi connectivity index (χ3v) is 10.0. The van der Waals surface area contributed by atoms with Gasteiger partial charge in [-0.05, 0) is 75.3 Å². The molecule has 0 saturated heterocycles. The van der Waals surface area contributed by atoms with Crippen molar-refractivity contribution in [3.05, 3.63) is 52.9 Å². The Bertz CT molecular complexity index is 1280. The average molecular weight is 527 g/mol. The van der Waals surface area contributed by atoms with Gasteiger partial charge in [-0.25, -0.2) is 15.0 Å². The molecule has 1 saturated carbocycles. The van der Waals surface area contributed by atoms with Gasteiger partial charge in [-0.2, -0.15) is 13.2 Å². The molecule has 4 rings (SSSR count). The summed E-state index contributed by atoms with van der Waals surface area (Å²) in [6.45, 7) is 4.98. The Morgan fingerprint density at radius 1 is 1.09 bits per heavy atom. The molecule has 3 aromatic rings. The number of aliphatic hydroxyl groups is 2. The van der Waals surface area contributed by atoms with Gasteiger partial charge in [0.1, 0.15) is 28.8 Å². The van der Waals surface area contributed by atoms with Crippen LogP contribution < -0.4 is 5.32 Å². The summed E-state index contributed by atoms with van der Waals surface area (Å²) in [4.78, 5) is 12.6. The highest BCUT2D eigenvalue weighted by molar-refractivity contribution is 7.63. The highest BCUT2D eigenvalue weighted by Gasteiger charge is 2.48. The van der Waals surface area contributed by atoms with Gasteiger partial charge in [-0.3, -0.25) is 0 Å². The molecule has 0 spiro atoms. The Kier molecular flexibility index (Phi) is 6.59. The van der Waals surface area contributed by atoms with Crippen LogP contribution in [0.15, 0.2) is 36.7 Å². The fourth-order valence-electron chi connectivity index (χ4n) is 4.14. The lowest BCUT2D eigenvalue weighted by Gasteiger charge is -2.42. The van der Waals surface area contributed by atoms with Gasteiger partial charge in [0.25, 0.3) is 0 Å². The Morgan fingerprint density at radius 3 is 2.40 bits per heavy atom. The number of aryl methyl sites for hydroxylation is 1. The third-order valence-electron chi connectivity index (χ3n) is 6.35. The normalized spacial score (nSPS) is 23.3. The molecule has 1 aliphatic rings. The molecule has 35 heavy (non-hydrogen) atoms. The van der Waals surface area contributed by atoms with Crippen molar-refractivity contribution in [2.45, 2.75) is 49.7 Å². The molecular formula is C23H26F3N4O3PS. The molecule has 0 bridgehead atoms. The summed E-state index contributed by atoms with van der Waals surface area (Å²) in [5, 5.41) is 24.0. The first-order valence-corrected chi connectivity index (χ1v) is 14.4. The van der Waals surface area contributed by atoms with Gasteiger partial charge >= 0.3 is 6.18 Å². The molecule has 0 atom stereocenters. The molecule has 12 heteroatoms. The number of aromatic nitrogens is 3. The number of nitrogens with one attached hydrogen (secondary N) is 1. The van der Waals surface area contributed by atoms with E-state index in [0.717, 1.165) is 28.3 Å². The van der Waals surface area contributed by atoms with Crippen LogP contribution in [0.4, 0.5) is 24.8 Å². The summed E-state index contributed by atoms with van der Waals surface area (Å²) in [6.07, 6.45) is -0.951. The maximum Gasteiger partial charge on any atom is 0.433 e. The van der Waals surface area contributed by atoms with Gasteiger partial charge in [0, 0.05) is 18.1 Å². The smallest absolute Gasteiger partial charge is 0.383 e. The van der Waals surface area contributed by atoms with Crippen molar-refractivity contribution in [1.82, 2.24) is 15.0 Å². The van der Waals surface area contributed by atoms with Crippen LogP contribution in [-0.4, -0.2) is 43.8 Å². The fourth-order valence-corrected chi connectivity index (χ4v) is 6.49. The maximum atomic E-state index is 13.0. The molecule has 1 aliphatic carbocycles. The van der Waals surface area contributed by atoms with Crippen molar-refractivity contribution in [3.63, 3.8) is 0 Å². The lowest BCUT2D eigenvalue weighted by atomic mass is 9.83. The van der Waals surface area contributed by atoms with Gasteiger partial charge < -0.3 is 20.1 Å². The van der Waals surface area contributed by atoms with Crippen LogP contribution in [-0.2, 0) is 16.3 Å². The quantitative estimate of drug-likeness (QED) is 0.364. The number of alkyl halides is 3. The first-order chi connectivity index (χ1) is 16.2. The monoisotopic (exact) mass is 526 g/mol. The van der Waals surface area contributed by atoms with Crippen LogP contribution in [0.25, 0.3) is 10.4 Å². The number of hydrogen-bond acceptors (Lipinski definition) is 8. The SMILES string of the molecule is Cc1cc(Nc2nccc(C(F)(F)F)n2)cc(-c2cnc(C3(O)CCC(O)(P(C)(C)=O)CC3)s2)c1. The highest BCUT2D eigenvalue weighted by atomic mass is 32.1. The van der Waals surface area contributed by atoms with Crippen LogP contribution in [0, 0.1) is 6.92 Å². The second kappa shape index (κ2) is 8.96. The molecule has 7 nitrogen and oxygen atoms in total. The van der Waals surface area contributed by atoms with E-state index in [1.165, 1.54) is 11.3 Å². The minimum absolute atomic E-state index is 0.172. The predicted octanol–water partition coefficient (Wildman–Crippen LogP) is 5.74. The number of thiazole rings is 1. The summed E-state index contributed by atoms with van der Waals surface area (Å²) in [6, 6.07) is 6.23. The number of halogens is 3. The number of hydrogen-bond donors (Lipinski definition) is 3. The Morgan fingerprint density at radius 2 is 1.77 bits per heavy atom. The molecule has 0 amide bonds. The number of anilines is 2. The average Bonchev–Trinajstić information content (AvgIpc) is 3.26. The van der Waals surface area contributed by atoms with Gasteiger partial charge in [-0.15, -0.1) is 11.3 Å². The van der Waals surface area contributed by atoms with Crippen LogP contribution >= 0.6 is 18.5 Å². The third kappa shape index (κ3) is 5.43. The first kappa shape index (κ1) is 25.8. The molecule has 2 heterocycles. The molecule has 0 radical (unpaired) electrons. The van der Waals surface area contributed by atoms with Crippen LogP contribution in [0.5, 0.6) is 0 Å². The van der Waals surface area contributed by atoms with Gasteiger partial charge in [-0.1, -0.05) is 6.07 Å². The van der Waals surface area contributed by atoms with Crippen molar-refractivity contribution in [1.29, 1.82) is 0 Å². The van der Waals surface area contributed by atoms with E-state index in [9.17, 15) is 27.9 Å². The zero-order valence-electron chi connectivity index (χ0n) is 19.4. The summed E-state index contributed by atoms with van der Waals surface area (Å²) >= 11 is 1.31. The summed E-state index contributed by atoms with van der Waals surface area (Å²) in [7, 11) is -2.75. The molecule has 0 unspecified atom stereocenters. The van der Waals surface area contributed by atoms with Crippen LogP contribution in [0.1, 0.15) is 41.9 Å². The minimum Gasteiger partial charge on any atom is -0.383 e. The second-order valence-electron chi connectivity index (χ2n) is 9.37. The van der Waals surface area contributed by atoms with E-state index in [4.69, 9.17) is 0 Å². The van der Waals surface area contributed by atoms with Gasteiger partial charge in [0.2, 0.25) is 5.95 Å². The maximum absolute atomic E-state index is 13.0. The van der Waals surface area contributed by atoms with Crippen molar-refractivity contribution < 1.29 is 27.9 Å². The summed E-state index contributed by atoms with van der Waals surface area (Å²) in [5.74, 6) is -0.172. The lowest BCUT2D eigenvalue weighted by molar-refractivity contribution is -0.141. The molecule has 1 aromatic carbocycles. The van der Waals surface area contributed by atoms with Crippen molar-refractivity contribution >= 4 is 30.1 Å². The van der Waals surface area contributed by atoms with E-state index < -0.39 is 30.0 Å². The Labute approximate surface area is 204 Å². The summed E-state index contributed by atoms with van der Waals surface area (Å²) < 4.78 is 51.4. The van der Waals surface area contributed by atoms with Crippen molar-refractivity contribution in [3.8, 4) is 10.4 Å². The predicted molar refractivity (Wildman–Crippen MR) is 129 cm³/mol. The van der Waals surface area contributed by atoms with E-state index in [1.54, 1.807) is 31.7 Å².